The number of benzene rings is 1. The maximum absolute atomic E-state index is 10.0. The zero-order chi connectivity index (χ0) is 13.5. The molecule has 19 heavy (non-hydrogen) atoms. The summed E-state index contributed by atoms with van der Waals surface area (Å²) < 4.78 is 0. The van der Waals surface area contributed by atoms with Crippen molar-refractivity contribution in [2.45, 2.75) is 17.6 Å². The highest BCUT2D eigenvalue weighted by Gasteiger charge is 2.14. The first-order chi connectivity index (χ1) is 9.28. The van der Waals surface area contributed by atoms with Gasteiger partial charge in [-0.05, 0) is 17.7 Å². The number of nitrogens with zero attached hydrogens (tertiary/aromatic N) is 1. The summed E-state index contributed by atoms with van der Waals surface area (Å²) in [5.74, 6) is 0.711. The van der Waals surface area contributed by atoms with E-state index in [0.717, 1.165) is 43.2 Å². The number of nitrogens with one attached hydrogen (secondary N) is 1. The van der Waals surface area contributed by atoms with Gasteiger partial charge in [0.15, 0.2) is 0 Å². The smallest absolute Gasteiger partial charge is 0.0760 e. The molecule has 5 heteroatoms. The van der Waals surface area contributed by atoms with Crippen LogP contribution in [0.5, 0.6) is 0 Å². The molecule has 1 aromatic rings. The number of aliphatic hydroxyl groups excluding tert-OH is 2. The second-order valence-corrected chi connectivity index (χ2v) is 5.91. The molecule has 0 bridgehead atoms. The van der Waals surface area contributed by atoms with E-state index in [-0.39, 0.29) is 12.7 Å². The number of piperazine rings is 1. The van der Waals surface area contributed by atoms with Gasteiger partial charge in [0.1, 0.15) is 0 Å². The minimum Gasteiger partial charge on any atom is -0.392 e. The summed E-state index contributed by atoms with van der Waals surface area (Å²) in [6, 6.07) is 7.83. The van der Waals surface area contributed by atoms with E-state index in [1.165, 1.54) is 0 Å². The van der Waals surface area contributed by atoms with Crippen LogP contribution in [0.25, 0.3) is 0 Å². The maximum Gasteiger partial charge on any atom is 0.0760 e. The lowest BCUT2D eigenvalue weighted by molar-refractivity contribution is 0.121. The van der Waals surface area contributed by atoms with Crippen molar-refractivity contribution in [2.24, 2.45) is 0 Å². The van der Waals surface area contributed by atoms with Crippen molar-refractivity contribution in [1.29, 1.82) is 0 Å². The van der Waals surface area contributed by atoms with Crippen molar-refractivity contribution in [3.63, 3.8) is 0 Å². The van der Waals surface area contributed by atoms with Crippen LogP contribution in [0.15, 0.2) is 29.2 Å². The average molecular weight is 282 g/mol. The van der Waals surface area contributed by atoms with Crippen LogP contribution in [-0.4, -0.2) is 59.7 Å². The molecule has 1 aliphatic rings. The zero-order valence-corrected chi connectivity index (χ0v) is 11.9. The van der Waals surface area contributed by atoms with E-state index in [2.05, 4.69) is 10.2 Å². The van der Waals surface area contributed by atoms with Gasteiger partial charge in [-0.2, -0.15) is 0 Å². The highest BCUT2D eigenvalue weighted by atomic mass is 32.2. The van der Waals surface area contributed by atoms with Gasteiger partial charge in [-0.1, -0.05) is 12.1 Å². The molecule has 1 aromatic carbocycles. The molecular formula is C14H22N2O2S. The lowest BCUT2D eigenvalue weighted by Crippen LogP contribution is -2.46. The summed E-state index contributed by atoms with van der Waals surface area (Å²) >= 11 is 1.66. The van der Waals surface area contributed by atoms with Crippen molar-refractivity contribution >= 4 is 11.8 Å². The molecule has 1 unspecified atom stereocenters. The Morgan fingerprint density at radius 3 is 2.53 bits per heavy atom. The molecule has 0 spiro atoms. The Labute approximate surface area is 118 Å². The van der Waals surface area contributed by atoms with Gasteiger partial charge in [0, 0.05) is 43.4 Å². The first-order valence-electron chi connectivity index (χ1n) is 6.71. The van der Waals surface area contributed by atoms with Crippen LogP contribution >= 0.6 is 11.8 Å². The van der Waals surface area contributed by atoms with E-state index in [0.29, 0.717) is 5.75 Å². The van der Waals surface area contributed by atoms with Crippen LogP contribution in [0.4, 0.5) is 0 Å². The SMILES string of the molecule is OCc1ccc(SCC(O)CN2CCNCC2)cc1. The Morgan fingerprint density at radius 1 is 1.21 bits per heavy atom. The molecule has 1 fully saturated rings. The van der Waals surface area contributed by atoms with E-state index in [1.54, 1.807) is 11.8 Å². The van der Waals surface area contributed by atoms with Gasteiger partial charge in [-0.25, -0.2) is 0 Å². The van der Waals surface area contributed by atoms with E-state index >= 15 is 0 Å². The number of hydrogen-bond donors (Lipinski definition) is 3. The third kappa shape index (κ3) is 5.12. The molecule has 0 amide bonds. The topological polar surface area (TPSA) is 55.7 Å². The van der Waals surface area contributed by atoms with Crippen molar-refractivity contribution in [3.8, 4) is 0 Å². The van der Waals surface area contributed by atoms with Crippen molar-refractivity contribution < 1.29 is 10.2 Å². The highest BCUT2D eigenvalue weighted by molar-refractivity contribution is 7.99. The monoisotopic (exact) mass is 282 g/mol. The molecule has 106 valence electrons. The molecule has 0 radical (unpaired) electrons. The highest BCUT2D eigenvalue weighted by Crippen LogP contribution is 2.19. The summed E-state index contributed by atoms with van der Waals surface area (Å²) in [5.41, 5.74) is 0.922. The summed E-state index contributed by atoms with van der Waals surface area (Å²) in [6.45, 7) is 4.91. The normalized spacial score (nSPS) is 18.4. The fourth-order valence-corrected chi connectivity index (χ4v) is 2.95. The fraction of sp³-hybridized carbons (Fsp3) is 0.571. The van der Waals surface area contributed by atoms with Crippen molar-refractivity contribution in [3.05, 3.63) is 29.8 Å². The second-order valence-electron chi connectivity index (χ2n) is 4.82. The van der Waals surface area contributed by atoms with E-state index < -0.39 is 0 Å². The number of thioether (sulfide) groups is 1. The predicted molar refractivity (Wildman–Crippen MR) is 78.4 cm³/mol. The Balaban J connectivity index is 1.71. The van der Waals surface area contributed by atoms with Crippen LogP contribution < -0.4 is 5.32 Å². The van der Waals surface area contributed by atoms with Gasteiger partial charge < -0.3 is 15.5 Å². The van der Waals surface area contributed by atoms with Crippen LogP contribution in [-0.2, 0) is 6.61 Å². The minimum atomic E-state index is -0.291. The Kier molecular flexibility index (Phi) is 6.13. The van der Waals surface area contributed by atoms with Crippen molar-refractivity contribution in [1.82, 2.24) is 10.2 Å². The van der Waals surface area contributed by atoms with E-state index in [1.807, 2.05) is 24.3 Å². The van der Waals surface area contributed by atoms with Gasteiger partial charge >= 0.3 is 0 Å². The van der Waals surface area contributed by atoms with Crippen LogP contribution in [0.2, 0.25) is 0 Å². The summed E-state index contributed by atoms with van der Waals surface area (Å²) in [7, 11) is 0. The average Bonchev–Trinajstić information content (AvgIpc) is 2.47. The molecular weight excluding hydrogens is 260 g/mol. The minimum absolute atomic E-state index is 0.0799. The van der Waals surface area contributed by atoms with E-state index in [9.17, 15) is 5.11 Å². The summed E-state index contributed by atoms with van der Waals surface area (Å²) in [5, 5.41) is 22.3. The first-order valence-corrected chi connectivity index (χ1v) is 7.70. The zero-order valence-electron chi connectivity index (χ0n) is 11.1. The van der Waals surface area contributed by atoms with Gasteiger partial charge in [-0.15, -0.1) is 11.8 Å². The van der Waals surface area contributed by atoms with Crippen LogP contribution in [0, 0.1) is 0 Å². The largest absolute Gasteiger partial charge is 0.392 e. The predicted octanol–water partition coefficient (Wildman–Crippen LogP) is 0.537. The lowest BCUT2D eigenvalue weighted by atomic mass is 10.2. The Hall–Kier alpha value is -0.590. The first kappa shape index (κ1) is 14.8. The molecule has 0 aromatic heterocycles. The molecule has 1 heterocycles. The van der Waals surface area contributed by atoms with Gasteiger partial charge in [0.25, 0.3) is 0 Å². The standard InChI is InChI=1S/C14H22N2O2S/c17-10-12-1-3-14(4-2-12)19-11-13(18)9-16-7-5-15-6-8-16/h1-4,13,15,17-18H,5-11H2. The van der Waals surface area contributed by atoms with Gasteiger partial charge in [-0.3, -0.25) is 4.90 Å². The third-order valence-electron chi connectivity index (χ3n) is 3.23. The van der Waals surface area contributed by atoms with Gasteiger partial charge in [0.05, 0.1) is 12.7 Å². The third-order valence-corrected chi connectivity index (χ3v) is 4.38. The Bertz CT molecular complexity index is 366. The van der Waals surface area contributed by atoms with Gasteiger partial charge in [0.2, 0.25) is 0 Å². The molecule has 2 rings (SSSR count). The lowest BCUT2D eigenvalue weighted by Gasteiger charge is -2.28. The molecule has 4 nitrogen and oxygen atoms in total. The number of hydrogen-bond acceptors (Lipinski definition) is 5. The van der Waals surface area contributed by atoms with Crippen molar-refractivity contribution in [2.75, 3.05) is 38.5 Å². The summed E-state index contributed by atoms with van der Waals surface area (Å²) in [6.07, 6.45) is -0.291. The quantitative estimate of drug-likeness (QED) is 0.665. The molecule has 3 N–H and O–H groups in total. The number of β-amino-alcohol motifs (C(OH)–C–C–N with tert-alkyl or cyclic N) is 1. The number of rotatable bonds is 6. The molecule has 0 aliphatic carbocycles. The fourth-order valence-electron chi connectivity index (χ4n) is 2.13. The molecule has 1 saturated heterocycles. The Morgan fingerprint density at radius 2 is 1.89 bits per heavy atom. The van der Waals surface area contributed by atoms with Crippen LogP contribution in [0.3, 0.4) is 0 Å². The summed E-state index contributed by atoms with van der Waals surface area (Å²) in [4.78, 5) is 3.44. The maximum atomic E-state index is 10.0. The molecule has 0 saturated carbocycles. The van der Waals surface area contributed by atoms with E-state index in [4.69, 9.17) is 5.11 Å². The number of aliphatic hydroxyl groups is 2. The van der Waals surface area contributed by atoms with Crippen LogP contribution in [0.1, 0.15) is 5.56 Å². The second kappa shape index (κ2) is 7.87. The molecule has 1 aliphatic heterocycles. The molecule has 1 atom stereocenters.